The number of carbonyl (C=O) groups is 1. The van der Waals surface area contributed by atoms with Crippen LogP contribution in [-0.2, 0) is 17.8 Å². The lowest BCUT2D eigenvalue weighted by Crippen LogP contribution is -2.56. The van der Waals surface area contributed by atoms with Gasteiger partial charge in [0.25, 0.3) is 0 Å². The lowest BCUT2D eigenvalue weighted by atomic mass is 9.99. The Morgan fingerprint density at radius 1 is 1.17 bits per heavy atom. The summed E-state index contributed by atoms with van der Waals surface area (Å²) in [6, 6.07) is 13.2. The van der Waals surface area contributed by atoms with Crippen molar-refractivity contribution < 1.29 is 9.53 Å². The third kappa shape index (κ3) is 5.46. The van der Waals surface area contributed by atoms with Gasteiger partial charge in [0.15, 0.2) is 0 Å². The van der Waals surface area contributed by atoms with E-state index >= 15 is 0 Å². The third-order valence-electron chi connectivity index (χ3n) is 8.90. The Morgan fingerprint density at radius 2 is 1.98 bits per heavy atom. The Bertz CT molecular complexity index is 1500. The van der Waals surface area contributed by atoms with E-state index in [-0.39, 0.29) is 18.5 Å². The number of amides is 1. The van der Waals surface area contributed by atoms with Gasteiger partial charge in [0.1, 0.15) is 11.9 Å². The second kappa shape index (κ2) is 11.4. The number of anilines is 2. The molecule has 2 aromatic carbocycles. The zero-order chi connectivity index (χ0) is 28.5. The van der Waals surface area contributed by atoms with E-state index < -0.39 is 0 Å². The molecule has 2 aliphatic heterocycles. The van der Waals surface area contributed by atoms with Gasteiger partial charge in [-0.2, -0.15) is 9.97 Å². The van der Waals surface area contributed by atoms with Crippen LogP contribution in [0, 0.1) is 25.3 Å². The number of aromatic nitrogens is 2. The smallest absolute Gasteiger partial charge is 0.318 e. The van der Waals surface area contributed by atoms with Gasteiger partial charge in [0.2, 0.25) is 12.5 Å². The van der Waals surface area contributed by atoms with Crippen LogP contribution in [0.15, 0.2) is 49.1 Å². The molecule has 0 bridgehead atoms. The summed E-state index contributed by atoms with van der Waals surface area (Å²) in [6.07, 6.45) is 4.70. The second-order valence-corrected chi connectivity index (χ2v) is 11.7. The van der Waals surface area contributed by atoms with E-state index in [1.54, 1.807) is 4.90 Å². The van der Waals surface area contributed by atoms with Gasteiger partial charge in [-0.1, -0.05) is 43.8 Å². The highest BCUT2D eigenvalue weighted by Crippen LogP contribution is 2.38. The molecule has 0 spiro atoms. The molecule has 1 unspecified atom stereocenters. The van der Waals surface area contributed by atoms with Gasteiger partial charge >= 0.3 is 6.01 Å². The highest BCUT2D eigenvalue weighted by atomic mass is 16.5. The number of aryl methyl sites for hydroxylation is 1. The van der Waals surface area contributed by atoms with Crippen LogP contribution >= 0.6 is 0 Å². The maximum atomic E-state index is 12.5. The van der Waals surface area contributed by atoms with Crippen LogP contribution in [0.1, 0.15) is 36.6 Å². The van der Waals surface area contributed by atoms with Crippen LogP contribution in [0.25, 0.3) is 15.6 Å². The summed E-state index contributed by atoms with van der Waals surface area (Å²) in [6.45, 7) is 19.7. The van der Waals surface area contributed by atoms with Gasteiger partial charge in [0.05, 0.1) is 18.8 Å². The largest absolute Gasteiger partial charge is 0.463 e. The summed E-state index contributed by atoms with van der Waals surface area (Å²) in [7, 11) is 0. The first-order chi connectivity index (χ1) is 20.0. The van der Waals surface area contributed by atoms with Crippen molar-refractivity contribution >= 4 is 28.2 Å². The van der Waals surface area contributed by atoms with Crippen molar-refractivity contribution in [1.29, 1.82) is 0 Å². The van der Waals surface area contributed by atoms with E-state index in [1.807, 2.05) is 0 Å². The Labute approximate surface area is 242 Å². The fourth-order valence-electron chi connectivity index (χ4n) is 6.41. The Hall–Kier alpha value is -4.12. The van der Waals surface area contributed by atoms with Gasteiger partial charge < -0.3 is 24.3 Å². The number of rotatable bonds is 8. The molecular formula is C33H38N6O2. The SMILES string of the molecule is [C-]#[N+]C[C@H]1CN(c2nc(OCC(C)C3CC3)nc3c2CCN(c2cccc4cccc(C)c24)C3)CCN1C(=O)C=C. The molecule has 8 heteroatoms. The van der Waals surface area contributed by atoms with E-state index in [1.165, 1.54) is 40.9 Å². The summed E-state index contributed by atoms with van der Waals surface area (Å²) in [4.78, 5) is 32.5. The Kier molecular flexibility index (Phi) is 7.53. The summed E-state index contributed by atoms with van der Waals surface area (Å²) >= 11 is 0. The van der Waals surface area contributed by atoms with Crippen molar-refractivity contribution in [3.8, 4) is 6.01 Å². The first kappa shape index (κ1) is 27.1. The van der Waals surface area contributed by atoms with Crippen LogP contribution in [-0.4, -0.2) is 66.1 Å². The molecule has 3 aliphatic rings. The number of piperazine rings is 1. The molecule has 0 N–H and O–H groups in total. The molecule has 2 atom stereocenters. The molecule has 1 aliphatic carbocycles. The van der Waals surface area contributed by atoms with Crippen LogP contribution in [0.2, 0.25) is 0 Å². The highest BCUT2D eigenvalue weighted by Gasteiger charge is 2.35. The van der Waals surface area contributed by atoms with E-state index in [4.69, 9.17) is 21.3 Å². The topological polar surface area (TPSA) is 66.2 Å². The molecule has 1 saturated heterocycles. The molecule has 41 heavy (non-hydrogen) atoms. The molecule has 212 valence electrons. The number of carbonyl (C=O) groups excluding carboxylic acids is 1. The molecule has 1 saturated carbocycles. The summed E-state index contributed by atoms with van der Waals surface area (Å²) in [5.74, 6) is 1.98. The number of benzene rings is 2. The average Bonchev–Trinajstić information content (AvgIpc) is 3.85. The van der Waals surface area contributed by atoms with Gasteiger partial charge in [-0.05, 0) is 61.1 Å². The number of nitrogens with zero attached hydrogens (tertiary/aromatic N) is 6. The van der Waals surface area contributed by atoms with Crippen LogP contribution in [0.4, 0.5) is 11.5 Å². The second-order valence-electron chi connectivity index (χ2n) is 11.7. The first-order valence-corrected chi connectivity index (χ1v) is 14.7. The standard InChI is InChI=1S/C33H38N6O2/c1-5-30(40)39-17-16-38(19-26(39)18-34-4)32-27-14-15-37(29-11-7-10-25-9-6-8-22(2)31(25)29)20-28(27)35-33(36-32)41-21-23(3)24-12-13-24/h5-11,23-24,26H,1,12-21H2,2-3H3/t23?,26-/m0/s1. The van der Waals surface area contributed by atoms with E-state index in [0.717, 1.165) is 36.0 Å². The zero-order valence-electron chi connectivity index (χ0n) is 24.1. The van der Waals surface area contributed by atoms with Gasteiger partial charge in [0, 0.05) is 42.8 Å². The molecule has 1 amide bonds. The van der Waals surface area contributed by atoms with Gasteiger partial charge in [-0.25, -0.2) is 6.57 Å². The molecule has 3 heterocycles. The van der Waals surface area contributed by atoms with Crippen molar-refractivity contribution in [2.75, 3.05) is 49.1 Å². The minimum atomic E-state index is -0.213. The quantitative estimate of drug-likeness (QED) is 0.289. The third-order valence-corrected chi connectivity index (χ3v) is 8.90. The van der Waals surface area contributed by atoms with Gasteiger partial charge in [-0.15, -0.1) is 0 Å². The van der Waals surface area contributed by atoms with Crippen molar-refractivity contribution in [1.82, 2.24) is 14.9 Å². The lowest BCUT2D eigenvalue weighted by molar-refractivity contribution is -0.128. The first-order valence-electron chi connectivity index (χ1n) is 14.7. The predicted octanol–water partition coefficient (Wildman–Crippen LogP) is 5.05. The summed E-state index contributed by atoms with van der Waals surface area (Å²) in [5, 5.41) is 2.53. The fraction of sp³-hybridized carbons (Fsp3) is 0.455. The molecule has 2 fully saturated rings. The Morgan fingerprint density at radius 3 is 2.73 bits per heavy atom. The monoisotopic (exact) mass is 550 g/mol. The molecule has 1 aromatic heterocycles. The maximum absolute atomic E-state index is 12.5. The number of ether oxygens (including phenoxy) is 1. The summed E-state index contributed by atoms with van der Waals surface area (Å²) in [5.41, 5.74) is 4.63. The van der Waals surface area contributed by atoms with Crippen molar-refractivity contribution in [2.24, 2.45) is 11.8 Å². The van der Waals surface area contributed by atoms with Crippen LogP contribution in [0.5, 0.6) is 6.01 Å². The number of hydrogen-bond acceptors (Lipinski definition) is 6. The van der Waals surface area contributed by atoms with Crippen molar-refractivity contribution in [3.05, 3.63) is 77.3 Å². The molecule has 0 radical (unpaired) electrons. The molecule has 3 aromatic rings. The molecule has 6 rings (SSSR count). The lowest BCUT2D eigenvalue weighted by Gasteiger charge is -2.41. The summed E-state index contributed by atoms with van der Waals surface area (Å²) < 4.78 is 6.25. The van der Waals surface area contributed by atoms with Gasteiger partial charge in [-0.3, -0.25) is 4.79 Å². The van der Waals surface area contributed by atoms with Crippen LogP contribution in [0.3, 0.4) is 0 Å². The fourth-order valence-corrected chi connectivity index (χ4v) is 6.41. The van der Waals surface area contributed by atoms with Crippen molar-refractivity contribution in [2.45, 2.75) is 45.7 Å². The van der Waals surface area contributed by atoms with E-state index in [2.05, 4.69) is 71.5 Å². The average molecular weight is 551 g/mol. The minimum Gasteiger partial charge on any atom is -0.463 e. The zero-order valence-corrected chi connectivity index (χ0v) is 24.1. The Balaban J connectivity index is 1.34. The molecular weight excluding hydrogens is 512 g/mol. The minimum absolute atomic E-state index is 0.123. The van der Waals surface area contributed by atoms with Crippen LogP contribution < -0.4 is 14.5 Å². The number of hydrogen-bond donors (Lipinski definition) is 0. The van der Waals surface area contributed by atoms with E-state index in [0.29, 0.717) is 44.7 Å². The maximum Gasteiger partial charge on any atom is 0.318 e. The van der Waals surface area contributed by atoms with E-state index in [9.17, 15) is 4.79 Å². The number of fused-ring (bicyclic) bond motifs is 2. The van der Waals surface area contributed by atoms with Crippen molar-refractivity contribution in [3.63, 3.8) is 0 Å². The highest BCUT2D eigenvalue weighted by molar-refractivity contribution is 5.97. The molecule has 8 nitrogen and oxygen atoms in total. The predicted molar refractivity (Wildman–Crippen MR) is 162 cm³/mol. The normalized spacial score (nSPS) is 19.4.